The molecule has 1 atom stereocenters. The van der Waals surface area contributed by atoms with Crippen molar-refractivity contribution < 1.29 is 4.74 Å². The van der Waals surface area contributed by atoms with Gasteiger partial charge < -0.3 is 10.5 Å². The Labute approximate surface area is 121 Å². The van der Waals surface area contributed by atoms with Gasteiger partial charge in [0.15, 0.2) is 0 Å². The van der Waals surface area contributed by atoms with Gasteiger partial charge in [-0.05, 0) is 56.1 Å². The molecule has 2 N–H and O–H groups in total. The molecular formula is C18H23NO. The zero-order valence-electron chi connectivity index (χ0n) is 12.5. The molecule has 2 heteroatoms. The summed E-state index contributed by atoms with van der Waals surface area (Å²) in [6.45, 7) is 6.91. The number of hydrogen-bond acceptors (Lipinski definition) is 2. The van der Waals surface area contributed by atoms with Gasteiger partial charge in [-0.2, -0.15) is 0 Å². The van der Waals surface area contributed by atoms with E-state index in [1.807, 2.05) is 6.07 Å². The number of ether oxygens (including phenoxy) is 1. The summed E-state index contributed by atoms with van der Waals surface area (Å²) in [7, 11) is 0. The molecule has 106 valence electrons. The molecule has 20 heavy (non-hydrogen) atoms. The Morgan fingerprint density at radius 2 is 1.65 bits per heavy atom. The van der Waals surface area contributed by atoms with Crippen LogP contribution in [0.15, 0.2) is 42.5 Å². The van der Waals surface area contributed by atoms with Gasteiger partial charge in [0.2, 0.25) is 0 Å². The lowest BCUT2D eigenvalue weighted by molar-refractivity contribution is 0.197. The lowest BCUT2D eigenvalue weighted by atomic mass is 10.0. The SMILES string of the molecule is Cc1ccc(C(CCN)Oc2ccc(C)c(C)c2)cc1. The molecule has 0 aliphatic heterocycles. The maximum Gasteiger partial charge on any atom is 0.125 e. The van der Waals surface area contributed by atoms with Crippen LogP contribution in [0.1, 0.15) is 34.8 Å². The first kappa shape index (κ1) is 14.6. The zero-order valence-corrected chi connectivity index (χ0v) is 12.5. The molecule has 2 aromatic carbocycles. The summed E-state index contributed by atoms with van der Waals surface area (Å²) in [5.74, 6) is 0.909. The molecule has 0 amide bonds. The van der Waals surface area contributed by atoms with Crippen molar-refractivity contribution in [3.63, 3.8) is 0 Å². The number of hydrogen-bond donors (Lipinski definition) is 1. The zero-order chi connectivity index (χ0) is 14.5. The standard InChI is InChI=1S/C18H23NO/c1-13-4-7-16(8-5-13)18(10-11-19)20-17-9-6-14(2)15(3)12-17/h4-9,12,18H,10-11,19H2,1-3H3. The molecule has 0 aliphatic rings. The molecular weight excluding hydrogens is 246 g/mol. The Kier molecular flexibility index (Phi) is 4.80. The minimum atomic E-state index is 0.0164. The van der Waals surface area contributed by atoms with Gasteiger partial charge in [-0.15, -0.1) is 0 Å². The average molecular weight is 269 g/mol. The smallest absolute Gasteiger partial charge is 0.125 e. The molecule has 2 rings (SSSR count). The van der Waals surface area contributed by atoms with Crippen LogP contribution in [0.25, 0.3) is 0 Å². The van der Waals surface area contributed by atoms with E-state index in [9.17, 15) is 0 Å². The van der Waals surface area contributed by atoms with E-state index in [2.05, 4.69) is 57.2 Å². The van der Waals surface area contributed by atoms with Crippen molar-refractivity contribution in [1.82, 2.24) is 0 Å². The van der Waals surface area contributed by atoms with Gasteiger partial charge in [0, 0.05) is 6.42 Å². The van der Waals surface area contributed by atoms with Gasteiger partial charge in [-0.25, -0.2) is 0 Å². The average Bonchev–Trinajstić information content (AvgIpc) is 2.43. The highest BCUT2D eigenvalue weighted by Gasteiger charge is 2.12. The Morgan fingerprint density at radius 3 is 2.25 bits per heavy atom. The van der Waals surface area contributed by atoms with Crippen LogP contribution in [0, 0.1) is 20.8 Å². The number of nitrogens with two attached hydrogens (primary N) is 1. The van der Waals surface area contributed by atoms with Crippen molar-refractivity contribution in [2.24, 2.45) is 5.73 Å². The van der Waals surface area contributed by atoms with Crippen molar-refractivity contribution >= 4 is 0 Å². The summed E-state index contributed by atoms with van der Waals surface area (Å²) >= 11 is 0. The first-order chi connectivity index (χ1) is 9.60. The number of benzene rings is 2. The van der Waals surface area contributed by atoms with E-state index in [1.165, 1.54) is 22.3 Å². The van der Waals surface area contributed by atoms with Crippen molar-refractivity contribution in [3.05, 3.63) is 64.7 Å². The van der Waals surface area contributed by atoms with E-state index in [0.29, 0.717) is 6.54 Å². The van der Waals surface area contributed by atoms with Crippen molar-refractivity contribution in [1.29, 1.82) is 0 Å². The van der Waals surface area contributed by atoms with Crippen molar-refractivity contribution in [3.8, 4) is 5.75 Å². The molecule has 0 saturated carbocycles. The van der Waals surface area contributed by atoms with E-state index in [0.717, 1.165) is 12.2 Å². The van der Waals surface area contributed by atoms with Crippen LogP contribution in [0.5, 0.6) is 5.75 Å². The highest BCUT2D eigenvalue weighted by molar-refractivity contribution is 5.34. The number of aryl methyl sites for hydroxylation is 3. The predicted molar refractivity (Wildman–Crippen MR) is 84.1 cm³/mol. The highest BCUT2D eigenvalue weighted by atomic mass is 16.5. The molecule has 1 unspecified atom stereocenters. The van der Waals surface area contributed by atoms with E-state index < -0.39 is 0 Å². The van der Waals surface area contributed by atoms with Gasteiger partial charge in [-0.1, -0.05) is 35.9 Å². The van der Waals surface area contributed by atoms with Crippen LogP contribution in [-0.4, -0.2) is 6.54 Å². The number of rotatable bonds is 5. The fraction of sp³-hybridized carbons (Fsp3) is 0.333. The van der Waals surface area contributed by atoms with Gasteiger partial charge >= 0.3 is 0 Å². The molecule has 2 nitrogen and oxygen atoms in total. The minimum Gasteiger partial charge on any atom is -0.486 e. The summed E-state index contributed by atoms with van der Waals surface area (Å²) in [5, 5.41) is 0. The van der Waals surface area contributed by atoms with Gasteiger partial charge in [0.05, 0.1) is 0 Å². The Balaban J connectivity index is 2.20. The highest BCUT2D eigenvalue weighted by Crippen LogP contribution is 2.26. The van der Waals surface area contributed by atoms with Gasteiger partial charge in [-0.3, -0.25) is 0 Å². The first-order valence-corrected chi connectivity index (χ1v) is 7.10. The summed E-state index contributed by atoms with van der Waals surface area (Å²) in [6.07, 6.45) is 0.832. The van der Waals surface area contributed by atoms with Crippen molar-refractivity contribution in [2.75, 3.05) is 6.54 Å². The summed E-state index contributed by atoms with van der Waals surface area (Å²) < 4.78 is 6.14. The third-order valence-electron chi connectivity index (χ3n) is 3.63. The fourth-order valence-electron chi connectivity index (χ4n) is 2.18. The fourth-order valence-corrected chi connectivity index (χ4v) is 2.18. The molecule has 0 heterocycles. The van der Waals surface area contributed by atoms with Crippen LogP contribution in [0.4, 0.5) is 0 Å². The normalized spacial score (nSPS) is 12.2. The lowest BCUT2D eigenvalue weighted by Gasteiger charge is -2.20. The molecule has 0 aromatic heterocycles. The van der Waals surface area contributed by atoms with Crippen LogP contribution in [0.3, 0.4) is 0 Å². The molecule has 0 saturated heterocycles. The largest absolute Gasteiger partial charge is 0.486 e. The van der Waals surface area contributed by atoms with E-state index in [4.69, 9.17) is 10.5 Å². The van der Waals surface area contributed by atoms with Crippen LogP contribution < -0.4 is 10.5 Å². The lowest BCUT2D eigenvalue weighted by Crippen LogP contribution is -2.13. The topological polar surface area (TPSA) is 35.2 Å². The second kappa shape index (κ2) is 6.58. The minimum absolute atomic E-state index is 0.0164. The maximum absolute atomic E-state index is 6.14. The molecule has 0 bridgehead atoms. The molecule has 2 aromatic rings. The predicted octanol–water partition coefficient (Wildman–Crippen LogP) is 4.08. The molecule has 0 aliphatic carbocycles. The van der Waals surface area contributed by atoms with E-state index in [1.54, 1.807) is 0 Å². The summed E-state index contributed by atoms with van der Waals surface area (Å²) in [6, 6.07) is 14.7. The van der Waals surface area contributed by atoms with Crippen molar-refractivity contribution in [2.45, 2.75) is 33.3 Å². The first-order valence-electron chi connectivity index (χ1n) is 7.10. The second-order valence-corrected chi connectivity index (χ2v) is 5.34. The van der Waals surface area contributed by atoms with Crippen LogP contribution >= 0.6 is 0 Å². The van der Waals surface area contributed by atoms with Crippen LogP contribution in [-0.2, 0) is 0 Å². The summed E-state index contributed by atoms with van der Waals surface area (Å²) in [4.78, 5) is 0. The maximum atomic E-state index is 6.14. The Bertz CT molecular complexity index is 560. The Hall–Kier alpha value is -1.80. The van der Waals surface area contributed by atoms with Gasteiger partial charge in [0.25, 0.3) is 0 Å². The van der Waals surface area contributed by atoms with E-state index >= 15 is 0 Å². The molecule has 0 fully saturated rings. The Morgan fingerprint density at radius 1 is 0.950 bits per heavy atom. The third-order valence-corrected chi connectivity index (χ3v) is 3.63. The molecule has 0 radical (unpaired) electrons. The van der Waals surface area contributed by atoms with E-state index in [-0.39, 0.29) is 6.10 Å². The molecule has 0 spiro atoms. The van der Waals surface area contributed by atoms with Crippen LogP contribution in [0.2, 0.25) is 0 Å². The monoisotopic (exact) mass is 269 g/mol. The summed E-state index contributed by atoms with van der Waals surface area (Å²) in [5.41, 5.74) is 10.7. The quantitative estimate of drug-likeness (QED) is 0.887. The third kappa shape index (κ3) is 3.61. The second-order valence-electron chi connectivity index (χ2n) is 5.34. The van der Waals surface area contributed by atoms with Gasteiger partial charge in [0.1, 0.15) is 11.9 Å².